The Balaban J connectivity index is 1.99. The normalized spacial score (nSPS) is 11.9. The lowest BCUT2D eigenvalue weighted by atomic mass is 9.87. The van der Waals surface area contributed by atoms with Gasteiger partial charge in [-0.1, -0.05) is 63.2 Å². The molecule has 0 saturated heterocycles. The van der Waals surface area contributed by atoms with Crippen LogP contribution in [0.4, 0.5) is 0 Å². The van der Waals surface area contributed by atoms with E-state index in [1.807, 2.05) is 30.3 Å². The largest absolute Gasteiger partial charge is 0.472 e. The predicted octanol–water partition coefficient (Wildman–Crippen LogP) is 4.28. The highest BCUT2D eigenvalue weighted by Gasteiger charge is 2.12. The van der Waals surface area contributed by atoms with Crippen LogP contribution >= 0.6 is 8.81 Å². The summed E-state index contributed by atoms with van der Waals surface area (Å²) in [5, 5.41) is 1.23. The minimum Gasteiger partial charge on any atom is -0.472 e. The van der Waals surface area contributed by atoms with Crippen molar-refractivity contribution >= 4 is 14.1 Å². The summed E-state index contributed by atoms with van der Waals surface area (Å²) < 4.78 is 5.75. The van der Waals surface area contributed by atoms with Gasteiger partial charge >= 0.3 is 0 Å². The van der Waals surface area contributed by atoms with Crippen LogP contribution in [0.1, 0.15) is 26.3 Å². The smallest absolute Gasteiger partial charge is 0.123 e. The first-order chi connectivity index (χ1) is 8.55. The first-order valence-electron chi connectivity index (χ1n) is 6.14. The van der Waals surface area contributed by atoms with Crippen LogP contribution in [0.5, 0.6) is 5.75 Å². The molecule has 0 N–H and O–H groups in total. The number of hydrogen-bond donors (Lipinski definition) is 0. The molecule has 0 heterocycles. The zero-order valence-corrected chi connectivity index (χ0v) is 12.1. The highest BCUT2D eigenvalue weighted by atomic mass is 31.1. The minimum absolute atomic E-state index is 0.210. The van der Waals surface area contributed by atoms with E-state index in [0.717, 1.165) is 5.75 Å². The van der Waals surface area contributed by atoms with Gasteiger partial charge in [-0.25, -0.2) is 0 Å². The van der Waals surface area contributed by atoms with Gasteiger partial charge in [-0.3, -0.25) is 0 Å². The topological polar surface area (TPSA) is 9.23 Å². The molecule has 94 valence electrons. The Morgan fingerprint density at radius 2 is 1.44 bits per heavy atom. The third-order valence-electron chi connectivity index (χ3n) is 2.78. The third-order valence-corrected chi connectivity index (χ3v) is 3.69. The summed E-state index contributed by atoms with van der Waals surface area (Å²) in [4.78, 5) is 0. The number of para-hydroxylation sites is 1. The Bertz CT molecular complexity index is 483. The van der Waals surface area contributed by atoms with Crippen LogP contribution in [0.15, 0.2) is 54.6 Å². The summed E-state index contributed by atoms with van der Waals surface area (Å²) in [7, 11) is 0.362. The van der Waals surface area contributed by atoms with E-state index >= 15 is 0 Å². The number of rotatable bonds is 3. The van der Waals surface area contributed by atoms with Crippen molar-refractivity contribution in [2.24, 2.45) is 0 Å². The zero-order chi connectivity index (χ0) is 13.0. The molecule has 0 aromatic heterocycles. The van der Waals surface area contributed by atoms with Crippen molar-refractivity contribution in [3.63, 3.8) is 0 Å². The zero-order valence-electron chi connectivity index (χ0n) is 11.1. The van der Waals surface area contributed by atoms with Gasteiger partial charge in [-0.2, -0.15) is 0 Å². The maximum Gasteiger partial charge on any atom is 0.123 e. The molecule has 0 radical (unpaired) electrons. The Morgan fingerprint density at radius 1 is 0.833 bits per heavy atom. The van der Waals surface area contributed by atoms with E-state index < -0.39 is 0 Å². The molecule has 0 aliphatic rings. The van der Waals surface area contributed by atoms with Crippen molar-refractivity contribution in [2.75, 3.05) is 0 Å². The molecule has 18 heavy (non-hydrogen) atoms. The van der Waals surface area contributed by atoms with Gasteiger partial charge in [0.25, 0.3) is 0 Å². The van der Waals surface area contributed by atoms with Gasteiger partial charge in [0, 0.05) is 5.30 Å². The first kappa shape index (κ1) is 13.1. The molecule has 0 aliphatic heterocycles. The van der Waals surface area contributed by atoms with Gasteiger partial charge in [0.05, 0.1) is 0 Å². The molecular weight excluding hydrogens is 239 g/mol. The van der Waals surface area contributed by atoms with Crippen molar-refractivity contribution in [3.05, 3.63) is 60.2 Å². The minimum atomic E-state index is 0.210. The average Bonchev–Trinajstić information content (AvgIpc) is 2.37. The Hall–Kier alpha value is -1.33. The van der Waals surface area contributed by atoms with Gasteiger partial charge in [0.15, 0.2) is 0 Å². The molecule has 1 unspecified atom stereocenters. The quantitative estimate of drug-likeness (QED) is 0.746. The molecule has 0 spiro atoms. The molecule has 0 saturated carbocycles. The van der Waals surface area contributed by atoms with Crippen molar-refractivity contribution in [1.82, 2.24) is 0 Å². The van der Waals surface area contributed by atoms with E-state index in [-0.39, 0.29) is 5.41 Å². The lowest BCUT2D eigenvalue weighted by Gasteiger charge is -2.19. The molecule has 1 atom stereocenters. The van der Waals surface area contributed by atoms with E-state index in [1.54, 1.807) is 0 Å². The maximum absolute atomic E-state index is 5.75. The van der Waals surface area contributed by atoms with Crippen LogP contribution in [-0.4, -0.2) is 0 Å². The summed E-state index contributed by atoms with van der Waals surface area (Å²) in [6.07, 6.45) is 0. The van der Waals surface area contributed by atoms with Gasteiger partial charge in [-0.15, -0.1) is 0 Å². The Labute approximate surface area is 111 Å². The average molecular weight is 258 g/mol. The second-order valence-corrected chi connectivity index (χ2v) is 6.33. The predicted molar refractivity (Wildman–Crippen MR) is 80.2 cm³/mol. The van der Waals surface area contributed by atoms with Crippen LogP contribution in [0.3, 0.4) is 0 Å². The Kier molecular flexibility index (Phi) is 4.04. The van der Waals surface area contributed by atoms with E-state index in [0.29, 0.717) is 8.81 Å². The van der Waals surface area contributed by atoms with Gasteiger partial charge < -0.3 is 4.52 Å². The molecule has 0 bridgehead atoms. The summed E-state index contributed by atoms with van der Waals surface area (Å²) in [6, 6.07) is 18.6. The van der Waals surface area contributed by atoms with Crippen LogP contribution in [0.2, 0.25) is 0 Å². The molecule has 0 fully saturated rings. The molecule has 1 nitrogen and oxygen atoms in total. The van der Waals surface area contributed by atoms with Crippen LogP contribution < -0.4 is 9.83 Å². The second-order valence-electron chi connectivity index (χ2n) is 5.34. The van der Waals surface area contributed by atoms with Gasteiger partial charge in [0.1, 0.15) is 14.6 Å². The third kappa shape index (κ3) is 3.58. The molecule has 2 rings (SSSR count). The Morgan fingerprint density at radius 3 is 2.00 bits per heavy atom. The van der Waals surface area contributed by atoms with Crippen LogP contribution in [0.25, 0.3) is 0 Å². The molecule has 2 heteroatoms. The van der Waals surface area contributed by atoms with Crippen LogP contribution in [-0.2, 0) is 5.41 Å². The summed E-state index contributed by atoms with van der Waals surface area (Å²) in [5.41, 5.74) is 1.57. The standard InChI is InChI=1S/C16H19OP/c1-16(2,3)13-9-11-15(12-10-13)18-17-14-7-5-4-6-8-14/h4-12,18H,1-3H3. The van der Waals surface area contributed by atoms with E-state index in [9.17, 15) is 0 Å². The lowest BCUT2D eigenvalue weighted by molar-refractivity contribution is 0.590. The van der Waals surface area contributed by atoms with Gasteiger partial charge in [-0.05, 0) is 23.1 Å². The fourth-order valence-corrected chi connectivity index (χ4v) is 2.32. The second kappa shape index (κ2) is 5.54. The highest BCUT2D eigenvalue weighted by Crippen LogP contribution is 2.23. The molecule has 0 amide bonds. The first-order valence-corrected chi connectivity index (χ1v) is 7.05. The molecule has 0 aliphatic carbocycles. The van der Waals surface area contributed by atoms with Gasteiger partial charge in [0.2, 0.25) is 0 Å². The molecule has 2 aromatic carbocycles. The van der Waals surface area contributed by atoms with Crippen molar-refractivity contribution in [1.29, 1.82) is 0 Å². The highest BCUT2D eigenvalue weighted by molar-refractivity contribution is 7.42. The lowest BCUT2D eigenvalue weighted by Crippen LogP contribution is -2.12. The van der Waals surface area contributed by atoms with Crippen molar-refractivity contribution in [3.8, 4) is 5.75 Å². The van der Waals surface area contributed by atoms with Crippen molar-refractivity contribution in [2.45, 2.75) is 26.2 Å². The van der Waals surface area contributed by atoms with E-state index in [4.69, 9.17) is 4.52 Å². The SMILES string of the molecule is CC(C)(C)c1ccc(POc2ccccc2)cc1. The fraction of sp³-hybridized carbons (Fsp3) is 0.250. The summed E-state index contributed by atoms with van der Waals surface area (Å²) >= 11 is 0. The molecular formula is C16H19OP. The number of benzene rings is 2. The molecule has 2 aromatic rings. The number of hydrogen-bond acceptors (Lipinski definition) is 1. The van der Waals surface area contributed by atoms with E-state index in [1.165, 1.54) is 10.9 Å². The van der Waals surface area contributed by atoms with Crippen LogP contribution in [0, 0.1) is 0 Å². The van der Waals surface area contributed by atoms with Crippen molar-refractivity contribution < 1.29 is 4.52 Å². The fourth-order valence-electron chi connectivity index (χ4n) is 1.64. The summed E-state index contributed by atoms with van der Waals surface area (Å²) in [5.74, 6) is 0.927. The maximum atomic E-state index is 5.75. The van der Waals surface area contributed by atoms with E-state index in [2.05, 4.69) is 45.0 Å². The monoisotopic (exact) mass is 258 g/mol. The summed E-state index contributed by atoms with van der Waals surface area (Å²) in [6.45, 7) is 6.68.